The zero-order valence-electron chi connectivity index (χ0n) is 21.0. The minimum absolute atomic E-state index is 0.0723. The lowest BCUT2D eigenvalue weighted by atomic mass is 9.86. The maximum atomic E-state index is 14.6. The number of urea groups is 1. The Balaban J connectivity index is 1.20. The zero-order chi connectivity index (χ0) is 27.1. The molecule has 0 aromatic heterocycles. The van der Waals surface area contributed by atoms with Crippen molar-refractivity contribution < 1.29 is 23.5 Å². The van der Waals surface area contributed by atoms with Gasteiger partial charge in [-0.1, -0.05) is 36.5 Å². The summed E-state index contributed by atoms with van der Waals surface area (Å²) in [5.41, 5.74) is 1.30. The first-order valence-electron chi connectivity index (χ1n) is 12.9. The normalized spacial score (nSPS) is 27.6. The van der Waals surface area contributed by atoms with E-state index in [9.17, 15) is 18.8 Å². The molecular weight excluding hydrogens is 521 g/mol. The number of alkyl halides is 1. The number of carbonyl (C=O) groups excluding carboxylic acids is 3. The van der Waals surface area contributed by atoms with Crippen molar-refractivity contribution in [3.05, 3.63) is 77.9 Å². The predicted octanol–water partition coefficient (Wildman–Crippen LogP) is 3.12. The van der Waals surface area contributed by atoms with Gasteiger partial charge < -0.3 is 25.6 Å². The SMILES string of the molecule is C=CC(=O)N1C[C@H](NC(=O)C2=C3NC(=O)N(c4ccc(Oc5ccccc5)cc4)C4CCNC(S2)C34)[C@@H](F)C1. The van der Waals surface area contributed by atoms with Crippen LogP contribution in [0.4, 0.5) is 14.9 Å². The molecule has 0 aliphatic carbocycles. The van der Waals surface area contributed by atoms with E-state index >= 15 is 0 Å². The van der Waals surface area contributed by atoms with Crippen LogP contribution in [0.2, 0.25) is 0 Å². The molecule has 3 saturated heterocycles. The van der Waals surface area contributed by atoms with Gasteiger partial charge in [0.05, 0.1) is 28.9 Å². The summed E-state index contributed by atoms with van der Waals surface area (Å²) in [6, 6.07) is 15.5. The van der Waals surface area contributed by atoms with E-state index in [0.29, 0.717) is 29.3 Å². The van der Waals surface area contributed by atoms with Crippen LogP contribution in [0, 0.1) is 5.92 Å². The molecule has 0 bridgehead atoms. The quantitative estimate of drug-likeness (QED) is 0.479. The Morgan fingerprint density at radius 2 is 1.85 bits per heavy atom. The topological polar surface area (TPSA) is 103 Å². The average Bonchev–Trinajstić information content (AvgIpc) is 3.50. The number of hydrogen-bond donors (Lipinski definition) is 3. The van der Waals surface area contributed by atoms with Gasteiger partial charge >= 0.3 is 6.03 Å². The number of para-hydroxylation sites is 1. The highest BCUT2D eigenvalue weighted by Gasteiger charge is 2.52. The second kappa shape index (κ2) is 10.4. The summed E-state index contributed by atoms with van der Waals surface area (Å²) in [4.78, 5) is 42.1. The smallest absolute Gasteiger partial charge is 0.326 e. The molecule has 202 valence electrons. The van der Waals surface area contributed by atoms with Crippen molar-refractivity contribution >= 4 is 35.3 Å². The van der Waals surface area contributed by atoms with Gasteiger partial charge in [-0.3, -0.25) is 14.5 Å². The van der Waals surface area contributed by atoms with Crippen LogP contribution >= 0.6 is 11.8 Å². The van der Waals surface area contributed by atoms with Crippen molar-refractivity contribution in [2.45, 2.75) is 30.1 Å². The summed E-state index contributed by atoms with van der Waals surface area (Å²) in [5, 5.41) is 9.05. The van der Waals surface area contributed by atoms with E-state index in [2.05, 4.69) is 22.5 Å². The lowest BCUT2D eigenvalue weighted by Crippen LogP contribution is -2.62. The van der Waals surface area contributed by atoms with E-state index in [1.54, 1.807) is 4.90 Å². The summed E-state index contributed by atoms with van der Waals surface area (Å²) in [6.45, 7) is 4.11. The van der Waals surface area contributed by atoms with Gasteiger partial charge in [-0.2, -0.15) is 0 Å². The van der Waals surface area contributed by atoms with Crippen molar-refractivity contribution in [3.63, 3.8) is 0 Å². The molecule has 0 spiro atoms. The van der Waals surface area contributed by atoms with Crippen LogP contribution in [0.15, 0.2) is 77.9 Å². The number of likely N-dealkylation sites (tertiary alicyclic amines) is 1. The molecule has 4 heterocycles. The molecule has 6 rings (SSSR count). The summed E-state index contributed by atoms with van der Waals surface area (Å²) in [5.74, 6) is 0.437. The third-order valence-electron chi connectivity index (χ3n) is 7.49. The van der Waals surface area contributed by atoms with Gasteiger partial charge in [-0.25, -0.2) is 9.18 Å². The number of anilines is 1. The fourth-order valence-electron chi connectivity index (χ4n) is 5.67. The van der Waals surface area contributed by atoms with E-state index in [0.717, 1.165) is 17.5 Å². The Labute approximate surface area is 229 Å². The lowest BCUT2D eigenvalue weighted by molar-refractivity contribution is -0.125. The summed E-state index contributed by atoms with van der Waals surface area (Å²) in [6.07, 6.45) is 0.468. The van der Waals surface area contributed by atoms with E-state index in [-0.39, 0.29) is 42.4 Å². The average molecular weight is 550 g/mol. The number of thioether (sulfide) groups is 1. The Morgan fingerprint density at radius 3 is 2.59 bits per heavy atom. The van der Waals surface area contributed by atoms with Gasteiger partial charge in [-0.05, 0) is 55.4 Å². The highest BCUT2D eigenvalue weighted by Crippen LogP contribution is 2.48. The number of carbonyl (C=O) groups is 3. The Bertz CT molecular complexity index is 1340. The van der Waals surface area contributed by atoms with E-state index in [4.69, 9.17) is 4.74 Å². The molecule has 3 unspecified atom stereocenters. The van der Waals surface area contributed by atoms with Crippen molar-refractivity contribution in [2.24, 2.45) is 5.92 Å². The molecule has 5 atom stereocenters. The van der Waals surface area contributed by atoms with Gasteiger partial charge in [0.15, 0.2) is 0 Å². The fourth-order valence-corrected chi connectivity index (χ4v) is 7.06. The molecule has 4 aliphatic heterocycles. The van der Waals surface area contributed by atoms with Crippen LogP contribution < -0.4 is 25.6 Å². The van der Waals surface area contributed by atoms with E-state index in [1.165, 1.54) is 16.7 Å². The summed E-state index contributed by atoms with van der Waals surface area (Å²) < 4.78 is 20.5. The number of hydrogen-bond acceptors (Lipinski definition) is 6. The van der Waals surface area contributed by atoms with Crippen molar-refractivity contribution in [3.8, 4) is 11.5 Å². The monoisotopic (exact) mass is 549 g/mol. The second-order valence-corrected chi connectivity index (χ2v) is 11.0. The van der Waals surface area contributed by atoms with Crippen LogP contribution in [-0.4, -0.2) is 66.0 Å². The Morgan fingerprint density at radius 1 is 1.10 bits per heavy atom. The fraction of sp³-hybridized carbons (Fsp3) is 0.321. The van der Waals surface area contributed by atoms with Crippen molar-refractivity contribution in [1.29, 1.82) is 0 Å². The van der Waals surface area contributed by atoms with Crippen LogP contribution in [-0.2, 0) is 9.59 Å². The maximum Gasteiger partial charge on any atom is 0.326 e. The number of amides is 4. The molecule has 0 saturated carbocycles. The van der Waals surface area contributed by atoms with Crippen molar-refractivity contribution in [2.75, 3.05) is 24.5 Å². The Kier molecular flexibility index (Phi) is 6.78. The Hall–Kier alpha value is -3.83. The van der Waals surface area contributed by atoms with Crippen LogP contribution in [0.5, 0.6) is 11.5 Å². The zero-order valence-corrected chi connectivity index (χ0v) is 21.8. The van der Waals surface area contributed by atoms with Crippen molar-refractivity contribution in [1.82, 2.24) is 20.9 Å². The number of nitrogens with one attached hydrogen (secondary N) is 3. The predicted molar refractivity (Wildman–Crippen MR) is 146 cm³/mol. The van der Waals surface area contributed by atoms with Gasteiger partial charge in [0.2, 0.25) is 5.91 Å². The first-order valence-corrected chi connectivity index (χ1v) is 13.7. The second-order valence-electron chi connectivity index (χ2n) is 9.87. The highest BCUT2D eigenvalue weighted by atomic mass is 32.2. The summed E-state index contributed by atoms with van der Waals surface area (Å²) in [7, 11) is 0. The summed E-state index contributed by atoms with van der Waals surface area (Å²) >= 11 is 1.35. The highest BCUT2D eigenvalue weighted by molar-refractivity contribution is 8.04. The third kappa shape index (κ3) is 4.76. The number of piperidine rings is 1. The molecule has 11 heteroatoms. The van der Waals surface area contributed by atoms with Gasteiger partial charge in [0, 0.05) is 23.8 Å². The standard InChI is InChI=1S/C28H28FN5O4S/c1-2-22(35)33-14-19(29)20(15-33)31-26(36)25-24-23-21(12-13-30-27(23)39-25)34(28(37)32-24)16-8-10-18(11-9-16)38-17-6-4-3-5-7-17/h2-11,19-21,23,27,30H,1,12-15H2,(H,31,36)(H,32,37)/t19-,20-,21?,23?,27?/m0/s1. The third-order valence-corrected chi connectivity index (χ3v) is 8.85. The minimum Gasteiger partial charge on any atom is -0.457 e. The molecule has 3 fully saturated rings. The van der Waals surface area contributed by atoms with E-state index < -0.39 is 18.1 Å². The van der Waals surface area contributed by atoms with Gasteiger partial charge in [0.25, 0.3) is 5.91 Å². The lowest BCUT2D eigenvalue weighted by Gasteiger charge is -2.45. The number of halogens is 1. The molecule has 2 aromatic rings. The number of rotatable bonds is 6. The first-order chi connectivity index (χ1) is 18.9. The van der Waals surface area contributed by atoms with E-state index in [1.807, 2.05) is 54.6 Å². The maximum absolute atomic E-state index is 14.6. The molecule has 4 aliphatic rings. The molecule has 9 nitrogen and oxygen atoms in total. The number of ether oxygens (including phenoxy) is 1. The molecule has 3 N–H and O–H groups in total. The molecule has 4 amide bonds. The molecule has 2 aromatic carbocycles. The van der Waals surface area contributed by atoms with Crippen LogP contribution in [0.3, 0.4) is 0 Å². The number of benzene rings is 2. The van der Waals surface area contributed by atoms with Gasteiger partial charge in [-0.15, -0.1) is 0 Å². The van der Waals surface area contributed by atoms with Gasteiger partial charge in [0.1, 0.15) is 17.7 Å². The number of nitrogens with zero attached hydrogens (tertiary/aromatic N) is 2. The largest absolute Gasteiger partial charge is 0.457 e. The molecule has 39 heavy (non-hydrogen) atoms. The molecule has 0 radical (unpaired) electrons. The molecular formula is C28H28FN5O4S. The van der Waals surface area contributed by atoms with Crippen LogP contribution in [0.25, 0.3) is 0 Å². The first kappa shape index (κ1) is 25.4. The minimum atomic E-state index is -1.38. The van der Waals surface area contributed by atoms with Crippen LogP contribution in [0.1, 0.15) is 6.42 Å².